The molecule has 1 unspecified atom stereocenters. The molecular weight excluding hydrogens is 169 g/mol. The summed E-state index contributed by atoms with van der Waals surface area (Å²) in [6.45, 7) is 6.05. The van der Waals surface area contributed by atoms with E-state index in [4.69, 9.17) is 4.74 Å². The minimum Gasteiger partial charge on any atom is -0.376 e. The molecule has 78 valence electrons. The predicted octanol–water partition coefficient (Wildman–Crippen LogP) is 1.75. The highest BCUT2D eigenvalue weighted by molar-refractivity contribution is 4.75. The lowest BCUT2D eigenvalue weighted by molar-refractivity contribution is 0.0137. The van der Waals surface area contributed by atoms with Crippen LogP contribution in [0.1, 0.15) is 26.7 Å². The van der Waals surface area contributed by atoms with Crippen LogP contribution in [0.3, 0.4) is 0 Å². The van der Waals surface area contributed by atoms with E-state index in [1.165, 1.54) is 0 Å². The van der Waals surface area contributed by atoms with Crippen LogP contribution in [0.2, 0.25) is 0 Å². The van der Waals surface area contributed by atoms with Gasteiger partial charge in [-0.15, -0.1) is 0 Å². The molecule has 0 radical (unpaired) electrons. The van der Waals surface area contributed by atoms with Crippen LogP contribution < -0.4 is 5.32 Å². The van der Waals surface area contributed by atoms with Crippen LogP contribution in [0, 0.1) is 5.92 Å². The van der Waals surface area contributed by atoms with Crippen LogP contribution >= 0.6 is 0 Å². The van der Waals surface area contributed by atoms with E-state index < -0.39 is 6.17 Å². The fourth-order valence-corrected chi connectivity index (χ4v) is 1.63. The normalized spacial score (nSPS) is 22.2. The van der Waals surface area contributed by atoms with Crippen molar-refractivity contribution in [3.05, 3.63) is 0 Å². The molecule has 2 nitrogen and oxygen atoms in total. The smallest absolute Gasteiger partial charge is 0.126 e. The number of alkyl halides is 1. The van der Waals surface area contributed by atoms with Crippen molar-refractivity contribution in [1.29, 1.82) is 0 Å². The van der Waals surface area contributed by atoms with E-state index in [9.17, 15) is 4.39 Å². The molecule has 1 heterocycles. The van der Waals surface area contributed by atoms with Gasteiger partial charge in [0.1, 0.15) is 6.17 Å². The lowest BCUT2D eigenvalue weighted by Gasteiger charge is -2.26. The average Bonchev–Trinajstić information content (AvgIpc) is 2.15. The van der Waals surface area contributed by atoms with Crippen molar-refractivity contribution in [2.75, 3.05) is 19.7 Å². The van der Waals surface area contributed by atoms with Gasteiger partial charge in [-0.25, -0.2) is 4.39 Å². The van der Waals surface area contributed by atoms with E-state index in [0.717, 1.165) is 25.9 Å². The van der Waals surface area contributed by atoms with Gasteiger partial charge in [-0.2, -0.15) is 0 Å². The molecule has 1 fully saturated rings. The van der Waals surface area contributed by atoms with Crippen LogP contribution in [0.15, 0.2) is 0 Å². The molecule has 0 saturated carbocycles. The van der Waals surface area contributed by atoms with Gasteiger partial charge in [0.15, 0.2) is 0 Å². The first-order chi connectivity index (χ1) is 6.20. The van der Waals surface area contributed by atoms with Crippen LogP contribution in [-0.2, 0) is 4.74 Å². The summed E-state index contributed by atoms with van der Waals surface area (Å²) in [5.74, 6) is 0.208. The molecule has 1 aliphatic heterocycles. The van der Waals surface area contributed by atoms with E-state index in [1.54, 1.807) is 0 Å². The lowest BCUT2D eigenvalue weighted by atomic mass is 9.93. The zero-order chi connectivity index (χ0) is 9.68. The quantitative estimate of drug-likeness (QED) is 0.727. The molecule has 0 aromatic rings. The summed E-state index contributed by atoms with van der Waals surface area (Å²) in [7, 11) is 0. The van der Waals surface area contributed by atoms with E-state index >= 15 is 0 Å². The molecule has 3 heteroatoms. The maximum absolute atomic E-state index is 13.5. The molecule has 0 spiro atoms. The monoisotopic (exact) mass is 189 g/mol. The van der Waals surface area contributed by atoms with E-state index in [1.807, 2.05) is 13.8 Å². The first-order valence-corrected chi connectivity index (χ1v) is 5.16. The van der Waals surface area contributed by atoms with Crippen molar-refractivity contribution in [2.24, 2.45) is 5.92 Å². The Hall–Kier alpha value is -0.150. The standard InChI is InChI=1S/C10H20FNO/c1-8(2)13-7-10(11)9-3-5-12-6-4-9/h8-10,12H,3-7H2,1-2H3. The van der Waals surface area contributed by atoms with Crippen LogP contribution in [-0.4, -0.2) is 32.0 Å². The van der Waals surface area contributed by atoms with Gasteiger partial charge < -0.3 is 10.1 Å². The first-order valence-electron chi connectivity index (χ1n) is 5.16. The average molecular weight is 189 g/mol. The molecule has 0 aromatic heterocycles. The number of halogens is 1. The Kier molecular flexibility index (Phi) is 4.67. The van der Waals surface area contributed by atoms with Crippen molar-refractivity contribution in [1.82, 2.24) is 5.32 Å². The van der Waals surface area contributed by atoms with Gasteiger partial charge in [0, 0.05) is 0 Å². The maximum Gasteiger partial charge on any atom is 0.126 e. The van der Waals surface area contributed by atoms with E-state index in [0.29, 0.717) is 0 Å². The summed E-state index contributed by atoms with van der Waals surface area (Å²) in [6, 6.07) is 0. The third-order valence-corrected chi connectivity index (χ3v) is 2.48. The number of hydrogen-bond acceptors (Lipinski definition) is 2. The molecule has 1 saturated heterocycles. The maximum atomic E-state index is 13.5. The minimum absolute atomic E-state index is 0.139. The molecule has 0 amide bonds. The zero-order valence-corrected chi connectivity index (χ0v) is 8.55. The second-order valence-corrected chi connectivity index (χ2v) is 3.99. The fraction of sp³-hybridized carbons (Fsp3) is 1.00. The lowest BCUT2D eigenvalue weighted by Crippen LogP contribution is -2.34. The molecule has 1 N–H and O–H groups in total. The molecule has 1 aliphatic rings. The predicted molar refractivity (Wildman–Crippen MR) is 51.6 cm³/mol. The van der Waals surface area contributed by atoms with Crippen LogP contribution in [0.5, 0.6) is 0 Å². The van der Waals surface area contributed by atoms with Gasteiger partial charge in [-0.1, -0.05) is 0 Å². The number of piperidine rings is 1. The molecular formula is C10H20FNO. The number of hydrogen-bond donors (Lipinski definition) is 1. The first kappa shape index (κ1) is 10.9. The molecule has 1 rings (SSSR count). The summed E-state index contributed by atoms with van der Waals surface area (Å²) in [6.07, 6.45) is 1.26. The SMILES string of the molecule is CC(C)OCC(F)C1CCNCC1. The zero-order valence-electron chi connectivity index (χ0n) is 8.55. The van der Waals surface area contributed by atoms with Crippen molar-refractivity contribution in [3.63, 3.8) is 0 Å². The third-order valence-electron chi connectivity index (χ3n) is 2.48. The topological polar surface area (TPSA) is 21.3 Å². The van der Waals surface area contributed by atoms with Gasteiger partial charge in [-0.05, 0) is 45.7 Å². The molecule has 0 aromatic carbocycles. The van der Waals surface area contributed by atoms with Gasteiger partial charge in [0.2, 0.25) is 0 Å². The van der Waals surface area contributed by atoms with E-state index in [2.05, 4.69) is 5.32 Å². The Bertz CT molecular complexity index is 135. The van der Waals surface area contributed by atoms with Gasteiger partial charge in [0.05, 0.1) is 12.7 Å². The Balaban J connectivity index is 2.17. The van der Waals surface area contributed by atoms with Crippen molar-refractivity contribution < 1.29 is 9.13 Å². The molecule has 1 atom stereocenters. The summed E-state index contributed by atoms with van der Waals surface area (Å²) >= 11 is 0. The van der Waals surface area contributed by atoms with Gasteiger partial charge in [-0.3, -0.25) is 0 Å². The van der Waals surface area contributed by atoms with Crippen LogP contribution in [0.4, 0.5) is 4.39 Å². The molecule has 0 aliphatic carbocycles. The summed E-state index contributed by atoms with van der Waals surface area (Å²) in [4.78, 5) is 0. The van der Waals surface area contributed by atoms with Gasteiger partial charge >= 0.3 is 0 Å². The molecule has 0 bridgehead atoms. The van der Waals surface area contributed by atoms with Crippen molar-refractivity contribution >= 4 is 0 Å². The highest BCUT2D eigenvalue weighted by atomic mass is 19.1. The highest BCUT2D eigenvalue weighted by Crippen LogP contribution is 2.19. The van der Waals surface area contributed by atoms with Crippen LogP contribution in [0.25, 0.3) is 0 Å². The number of ether oxygens (including phenoxy) is 1. The van der Waals surface area contributed by atoms with Gasteiger partial charge in [0.25, 0.3) is 0 Å². The Morgan fingerprint density at radius 2 is 2.00 bits per heavy atom. The highest BCUT2D eigenvalue weighted by Gasteiger charge is 2.23. The second kappa shape index (κ2) is 5.55. The Morgan fingerprint density at radius 1 is 1.38 bits per heavy atom. The second-order valence-electron chi connectivity index (χ2n) is 3.99. The van der Waals surface area contributed by atoms with Crippen molar-refractivity contribution in [3.8, 4) is 0 Å². The Labute approximate surface area is 79.8 Å². The summed E-state index contributed by atoms with van der Waals surface area (Å²) in [5, 5.41) is 3.23. The summed E-state index contributed by atoms with van der Waals surface area (Å²) < 4.78 is 18.8. The fourth-order valence-electron chi connectivity index (χ4n) is 1.63. The Morgan fingerprint density at radius 3 is 2.54 bits per heavy atom. The molecule has 13 heavy (non-hydrogen) atoms. The largest absolute Gasteiger partial charge is 0.376 e. The number of rotatable bonds is 4. The number of nitrogens with one attached hydrogen (secondary N) is 1. The minimum atomic E-state index is -0.774. The van der Waals surface area contributed by atoms with E-state index in [-0.39, 0.29) is 18.6 Å². The summed E-state index contributed by atoms with van der Waals surface area (Å²) in [5.41, 5.74) is 0. The van der Waals surface area contributed by atoms with Crippen molar-refractivity contribution in [2.45, 2.75) is 39.0 Å². The third kappa shape index (κ3) is 4.05.